The van der Waals surface area contributed by atoms with E-state index in [4.69, 9.17) is 9.15 Å². The highest BCUT2D eigenvalue weighted by atomic mass is 16.5. The molecule has 0 fully saturated rings. The summed E-state index contributed by atoms with van der Waals surface area (Å²) in [5, 5.41) is 2.82. The summed E-state index contributed by atoms with van der Waals surface area (Å²) in [5.41, 5.74) is 2.69. The number of furan rings is 1. The number of amides is 3. The van der Waals surface area contributed by atoms with Crippen LogP contribution in [0.25, 0.3) is 0 Å². The monoisotopic (exact) mass is 406 g/mol. The molecule has 0 bridgehead atoms. The lowest BCUT2D eigenvalue weighted by atomic mass is 10.1. The van der Waals surface area contributed by atoms with Crippen molar-refractivity contribution in [3.63, 3.8) is 0 Å². The van der Waals surface area contributed by atoms with E-state index in [1.54, 1.807) is 36.3 Å². The number of ether oxygens (including phenoxy) is 1. The Kier molecular flexibility index (Phi) is 5.38. The Hall–Kier alpha value is -3.81. The van der Waals surface area contributed by atoms with E-state index in [1.807, 2.05) is 30.3 Å². The van der Waals surface area contributed by atoms with Gasteiger partial charge in [-0.2, -0.15) is 0 Å². The molecule has 1 aliphatic rings. The van der Waals surface area contributed by atoms with Crippen molar-refractivity contribution in [1.29, 1.82) is 0 Å². The van der Waals surface area contributed by atoms with Gasteiger partial charge >= 0.3 is 6.03 Å². The summed E-state index contributed by atoms with van der Waals surface area (Å²) in [6, 6.07) is 14.8. The van der Waals surface area contributed by atoms with Gasteiger partial charge in [0.2, 0.25) is 11.8 Å². The summed E-state index contributed by atoms with van der Waals surface area (Å²) in [5.74, 6) is 0.701. The quantitative estimate of drug-likeness (QED) is 0.679. The molecule has 1 aliphatic heterocycles. The molecular weight excluding hydrogens is 384 g/mol. The minimum atomic E-state index is -0.351. The molecule has 2 aromatic heterocycles. The van der Waals surface area contributed by atoms with E-state index in [1.165, 1.54) is 12.0 Å². The summed E-state index contributed by atoms with van der Waals surface area (Å²) in [6.45, 7) is 1.17. The molecule has 0 unspecified atom stereocenters. The van der Waals surface area contributed by atoms with E-state index in [9.17, 15) is 9.59 Å². The van der Waals surface area contributed by atoms with Crippen LogP contribution in [-0.2, 0) is 19.6 Å². The van der Waals surface area contributed by atoms with Crippen LogP contribution in [0.1, 0.15) is 27.2 Å². The fourth-order valence-corrected chi connectivity index (χ4v) is 3.37. The number of methoxy groups -OCH3 is 1. The number of nitrogens with one attached hydrogen (secondary N) is 1. The van der Waals surface area contributed by atoms with Crippen molar-refractivity contribution in [1.82, 2.24) is 15.2 Å². The Morgan fingerprint density at radius 3 is 2.77 bits per heavy atom. The number of carbonyl (C=O) groups is 2. The fraction of sp³-hybridized carbons (Fsp3) is 0.227. The zero-order valence-electron chi connectivity index (χ0n) is 16.8. The first-order chi connectivity index (χ1) is 14.5. The smallest absolute Gasteiger partial charge is 0.327 e. The maximum absolute atomic E-state index is 12.7. The molecule has 8 nitrogen and oxygen atoms in total. The number of hydrogen-bond acceptors (Lipinski definition) is 5. The maximum Gasteiger partial charge on any atom is 0.327 e. The van der Waals surface area contributed by atoms with Crippen molar-refractivity contribution >= 4 is 17.8 Å². The van der Waals surface area contributed by atoms with Gasteiger partial charge in [0.15, 0.2) is 5.76 Å². The Morgan fingerprint density at radius 2 is 2.00 bits per heavy atom. The largest absolute Gasteiger partial charge is 0.481 e. The zero-order chi connectivity index (χ0) is 21.1. The molecule has 3 aromatic rings. The van der Waals surface area contributed by atoms with Crippen molar-refractivity contribution in [2.24, 2.45) is 0 Å². The van der Waals surface area contributed by atoms with Crippen LogP contribution in [0.4, 0.5) is 10.7 Å². The lowest BCUT2D eigenvalue weighted by molar-refractivity contribution is 0.0923. The molecule has 3 heterocycles. The third-order valence-electron chi connectivity index (χ3n) is 4.91. The van der Waals surface area contributed by atoms with Crippen molar-refractivity contribution in [2.45, 2.75) is 19.6 Å². The van der Waals surface area contributed by atoms with Gasteiger partial charge < -0.3 is 19.4 Å². The van der Waals surface area contributed by atoms with Crippen LogP contribution < -0.4 is 15.0 Å². The number of hydrogen-bond donors (Lipinski definition) is 1. The first-order valence-electron chi connectivity index (χ1n) is 9.51. The lowest BCUT2D eigenvalue weighted by Gasteiger charge is -2.32. The second kappa shape index (κ2) is 8.28. The highest BCUT2D eigenvalue weighted by Gasteiger charge is 2.32. The molecule has 0 radical (unpaired) electrons. The molecule has 4 rings (SSSR count). The first-order valence-corrected chi connectivity index (χ1v) is 9.51. The van der Waals surface area contributed by atoms with Crippen LogP contribution in [0.3, 0.4) is 0 Å². The van der Waals surface area contributed by atoms with Crippen LogP contribution >= 0.6 is 0 Å². The van der Waals surface area contributed by atoms with Gasteiger partial charge in [-0.05, 0) is 23.3 Å². The summed E-state index contributed by atoms with van der Waals surface area (Å²) >= 11 is 0. The van der Waals surface area contributed by atoms with Crippen LogP contribution in [0.2, 0.25) is 0 Å². The Labute approximate surface area is 174 Å². The molecule has 0 atom stereocenters. The molecule has 0 spiro atoms. The number of nitrogens with zero attached hydrogens (tertiary/aromatic N) is 3. The highest BCUT2D eigenvalue weighted by molar-refractivity contribution is 5.96. The molecule has 0 saturated heterocycles. The molecule has 3 amide bonds. The van der Waals surface area contributed by atoms with Gasteiger partial charge in [-0.3, -0.25) is 9.69 Å². The molecular formula is C22H22N4O4. The number of carbonyl (C=O) groups excluding carboxylic acids is 2. The van der Waals surface area contributed by atoms with Crippen molar-refractivity contribution < 1.29 is 18.7 Å². The summed E-state index contributed by atoms with van der Waals surface area (Å²) in [7, 11) is 3.18. The number of aromatic nitrogens is 1. The molecule has 0 aliphatic carbocycles. The number of urea groups is 1. The minimum Gasteiger partial charge on any atom is -0.481 e. The van der Waals surface area contributed by atoms with Gasteiger partial charge in [0.05, 0.1) is 13.7 Å². The number of rotatable bonds is 6. The van der Waals surface area contributed by atoms with Gasteiger partial charge in [-0.15, -0.1) is 0 Å². The predicted molar refractivity (Wildman–Crippen MR) is 110 cm³/mol. The standard InChI is InChI=1S/C22H22N4O4/c1-25-21-17(14-26(22(25)28)13-15-6-4-3-5-7-15)11-18(30-21)20(27)24-12-16-8-9-23-19(10-16)29-2/h3-11H,12-14H2,1-2H3,(H,24,27). The zero-order valence-corrected chi connectivity index (χ0v) is 16.8. The van der Waals surface area contributed by atoms with E-state index >= 15 is 0 Å². The van der Waals surface area contributed by atoms with Crippen molar-refractivity contribution in [3.05, 3.63) is 77.2 Å². The third-order valence-corrected chi connectivity index (χ3v) is 4.91. The van der Waals surface area contributed by atoms with E-state index in [2.05, 4.69) is 10.3 Å². The van der Waals surface area contributed by atoms with Gasteiger partial charge in [-0.1, -0.05) is 30.3 Å². The third kappa shape index (κ3) is 3.98. The van der Waals surface area contributed by atoms with Gasteiger partial charge in [0.1, 0.15) is 0 Å². The summed E-state index contributed by atoms with van der Waals surface area (Å²) < 4.78 is 10.8. The average Bonchev–Trinajstić information content (AvgIpc) is 3.21. The van der Waals surface area contributed by atoms with Crippen molar-refractivity contribution in [2.75, 3.05) is 19.1 Å². The van der Waals surface area contributed by atoms with Crippen LogP contribution in [0.15, 0.2) is 59.1 Å². The minimum absolute atomic E-state index is 0.169. The molecule has 8 heteroatoms. The van der Waals surface area contributed by atoms with Crippen LogP contribution in [-0.4, -0.2) is 36.0 Å². The topological polar surface area (TPSA) is 87.9 Å². The molecule has 1 aromatic carbocycles. The number of fused-ring (bicyclic) bond motifs is 1. The van der Waals surface area contributed by atoms with E-state index in [0.717, 1.165) is 16.7 Å². The second-order valence-corrected chi connectivity index (χ2v) is 7.01. The average molecular weight is 406 g/mol. The number of anilines is 1. The van der Waals surface area contributed by atoms with Gasteiger partial charge in [-0.25, -0.2) is 9.78 Å². The SMILES string of the molecule is COc1cc(CNC(=O)c2cc3c(o2)N(C)C(=O)N(Cc2ccccc2)C3)ccn1. The molecule has 154 valence electrons. The van der Waals surface area contributed by atoms with Gasteiger partial charge in [0, 0.05) is 38.0 Å². The Balaban J connectivity index is 1.46. The van der Waals surface area contributed by atoms with E-state index in [-0.39, 0.29) is 17.7 Å². The van der Waals surface area contributed by atoms with E-state index in [0.29, 0.717) is 31.4 Å². The molecule has 0 saturated carbocycles. The number of benzene rings is 1. The predicted octanol–water partition coefficient (Wildman–Crippen LogP) is 3.19. The molecule has 1 N–H and O–H groups in total. The van der Waals surface area contributed by atoms with E-state index < -0.39 is 0 Å². The van der Waals surface area contributed by atoms with Crippen molar-refractivity contribution in [3.8, 4) is 5.88 Å². The lowest BCUT2D eigenvalue weighted by Crippen LogP contribution is -2.44. The molecule has 30 heavy (non-hydrogen) atoms. The highest BCUT2D eigenvalue weighted by Crippen LogP contribution is 2.31. The Morgan fingerprint density at radius 1 is 1.20 bits per heavy atom. The first kappa shape index (κ1) is 19.5. The normalized spacial score (nSPS) is 13.2. The number of pyridine rings is 1. The fourth-order valence-electron chi connectivity index (χ4n) is 3.37. The van der Waals surface area contributed by atoms with Gasteiger partial charge in [0.25, 0.3) is 5.91 Å². The maximum atomic E-state index is 12.7. The summed E-state index contributed by atoms with van der Waals surface area (Å²) in [4.78, 5) is 32.5. The van der Waals surface area contributed by atoms with Crippen LogP contribution in [0, 0.1) is 0 Å². The Bertz CT molecular complexity index is 1060. The van der Waals surface area contributed by atoms with Crippen LogP contribution in [0.5, 0.6) is 5.88 Å². The second-order valence-electron chi connectivity index (χ2n) is 7.01. The summed E-state index contributed by atoms with van der Waals surface area (Å²) in [6.07, 6.45) is 1.62.